The van der Waals surface area contributed by atoms with Crippen LogP contribution in [0.5, 0.6) is 11.5 Å². The van der Waals surface area contributed by atoms with Gasteiger partial charge in [0.2, 0.25) is 0 Å². The molecule has 0 spiro atoms. The van der Waals surface area contributed by atoms with Crippen molar-refractivity contribution in [2.45, 2.75) is 46.0 Å². The summed E-state index contributed by atoms with van der Waals surface area (Å²) >= 11 is 0. The third-order valence-electron chi connectivity index (χ3n) is 4.89. The standard InChI is InChI=1S/C20H27NO4.C3H6/c1-14-4-3-5-16(10-14)20-17(22)11-15(2)12-18(20)25-19(23)13-21-6-8-24-9-7-21;1-3-2/h10-12,16,22H,3-9,13H2,1-2H3;3H,1H2,2H3. The molecule has 0 bridgehead atoms. The van der Waals surface area contributed by atoms with Crippen LogP contribution >= 0.6 is 0 Å². The van der Waals surface area contributed by atoms with Crippen LogP contribution < -0.4 is 4.74 Å². The summed E-state index contributed by atoms with van der Waals surface area (Å²) in [4.78, 5) is 14.4. The lowest BCUT2D eigenvalue weighted by molar-refractivity contribution is -0.136. The Labute approximate surface area is 168 Å². The molecule has 0 aromatic heterocycles. The number of esters is 1. The van der Waals surface area contributed by atoms with Gasteiger partial charge < -0.3 is 14.6 Å². The van der Waals surface area contributed by atoms with Crippen LogP contribution in [0, 0.1) is 6.92 Å². The molecule has 1 atom stereocenters. The van der Waals surface area contributed by atoms with Crippen molar-refractivity contribution in [3.05, 3.63) is 47.6 Å². The number of rotatable bonds is 4. The number of hydrogen-bond donors (Lipinski definition) is 1. The van der Waals surface area contributed by atoms with Gasteiger partial charge in [-0.3, -0.25) is 9.69 Å². The van der Waals surface area contributed by atoms with E-state index in [1.54, 1.807) is 12.1 Å². The average Bonchev–Trinajstić information content (AvgIpc) is 2.62. The Morgan fingerprint density at radius 2 is 2.04 bits per heavy atom. The SMILES string of the molecule is C=CC.CC1=CC(c2c(O)cc(C)cc2OC(=O)CN2CCOCC2)CCC1. The third kappa shape index (κ3) is 6.50. The minimum absolute atomic E-state index is 0.0977. The fourth-order valence-corrected chi connectivity index (χ4v) is 3.64. The highest BCUT2D eigenvalue weighted by Crippen LogP contribution is 2.41. The fourth-order valence-electron chi connectivity index (χ4n) is 3.64. The summed E-state index contributed by atoms with van der Waals surface area (Å²) in [5.74, 6) is 0.516. The van der Waals surface area contributed by atoms with Crippen molar-refractivity contribution < 1.29 is 19.4 Å². The maximum Gasteiger partial charge on any atom is 0.325 e. The first-order valence-corrected chi connectivity index (χ1v) is 10.0. The van der Waals surface area contributed by atoms with Crippen molar-refractivity contribution in [3.8, 4) is 11.5 Å². The first kappa shape index (κ1) is 22.2. The summed E-state index contributed by atoms with van der Waals surface area (Å²) < 4.78 is 11.0. The molecule has 3 rings (SSSR count). The second kappa shape index (κ2) is 11.0. The van der Waals surface area contributed by atoms with Gasteiger partial charge in [-0.15, -0.1) is 6.58 Å². The van der Waals surface area contributed by atoms with Crippen LogP contribution in [0.1, 0.15) is 50.2 Å². The smallest absolute Gasteiger partial charge is 0.325 e. The van der Waals surface area contributed by atoms with Gasteiger partial charge in [0.05, 0.1) is 19.8 Å². The summed E-state index contributed by atoms with van der Waals surface area (Å²) in [5.41, 5.74) is 2.94. The molecule has 1 fully saturated rings. The molecule has 0 saturated carbocycles. The number of hydrogen-bond acceptors (Lipinski definition) is 5. The van der Waals surface area contributed by atoms with Crippen LogP contribution in [0.15, 0.2) is 36.4 Å². The molecule has 1 aliphatic carbocycles. The van der Waals surface area contributed by atoms with E-state index in [1.807, 2.05) is 24.8 Å². The number of aryl methyl sites for hydroxylation is 1. The lowest BCUT2D eigenvalue weighted by atomic mass is 9.85. The molecular weight excluding hydrogens is 354 g/mol. The van der Waals surface area contributed by atoms with E-state index in [1.165, 1.54) is 5.57 Å². The number of phenols is 1. The van der Waals surface area contributed by atoms with Gasteiger partial charge in [0.25, 0.3) is 0 Å². The van der Waals surface area contributed by atoms with Crippen LogP contribution in [-0.2, 0) is 9.53 Å². The number of allylic oxidation sites excluding steroid dienone is 3. The molecule has 2 aliphatic rings. The summed E-state index contributed by atoms with van der Waals surface area (Å²) in [6.45, 7) is 12.3. The Morgan fingerprint density at radius 3 is 2.68 bits per heavy atom. The van der Waals surface area contributed by atoms with Gasteiger partial charge in [0.1, 0.15) is 11.5 Å². The number of aromatic hydroxyl groups is 1. The molecule has 0 radical (unpaired) electrons. The van der Waals surface area contributed by atoms with E-state index in [0.717, 1.165) is 43.5 Å². The summed E-state index contributed by atoms with van der Waals surface area (Å²) in [6, 6.07) is 3.59. The zero-order chi connectivity index (χ0) is 20.5. The van der Waals surface area contributed by atoms with Crippen molar-refractivity contribution in [2.24, 2.45) is 0 Å². The van der Waals surface area contributed by atoms with Crippen molar-refractivity contribution in [1.29, 1.82) is 0 Å². The molecule has 1 heterocycles. The maximum absolute atomic E-state index is 12.4. The zero-order valence-electron chi connectivity index (χ0n) is 17.4. The number of carbonyl (C=O) groups excluding carboxylic acids is 1. The molecule has 28 heavy (non-hydrogen) atoms. The molecule has 1 saturated heterocycles. The number of nitrogens with zero attached hydrogens (tertiary/aromatic N) is 1. The minimum atomic E-state index is -0.287. The first-order chi connectivity index (χ1) is 13.4. The van der Waals surface area contributed by atoms with Crippen molar-refractivity contribution in [1.82, 2.24) is 4.90 Å². The number of morpholine rings is 1. The van der Waals surface area contributed by atoms with Gasteiger partial charge in [-0.2, -0.15) is 0 Å². The Kier molecular flexibility index (Phi) is 8.74. The van der Waals surface area contributed by atoms with Crippen molar-refractivity contribution in [3.63, 3.8) is 0 Å². The van der Waals surface area contributed by atoms with Crippen LogP contribution in [0.3, 0.4) is 0 Å². The van der Waals surface area contributed by atoms with Gasteiger partial charge >= 0.3 is 5.97 Å². The molecule has 0 amide bonds. The van der Waals surface area contributed by atoms with Crippen LogP contribution in [0.4, 0.5) is 0 Å². The number of phenolic OH excluding ortho intramolecular Hbond substituents is 1. The molecule has 1 aliphatic heterocycles. The van der Waals surface area contributed by atoms with Gasteiger partial charge in [-0.05, 0) is 57.7 Å². The van der Waals surface area contributed by atoms with Crippen molar-refractivity contribution >= 4 is 5.97 Å². The van der Waals surface area contributed by atoms with Gasteiger partial charge in [0.15, 0.2) is 0 Å². The number of ether oxygens (including phenoxy) is 2. The number of carbonyl (C=O) groups is 1. The van der Waals surface area contributed by atoms with E-state index in [0.29, 0.717) is 19.0 Å². The molecule has 1 aromatic rings. The van der Waals surface area contributed by atoms with Crippen LogP contribution in [0.2, 0.25) is 0 Å². The Morgan fingerprint density at radius 1 is 1.36 bits per heavy atom. The summed E-state index contributed by atoms with van der Waals surface area (Å²) in [6.07, 6.45) is 7.08. The van der Waals surface area contributed by atoms with Gasteiger partial charge in [-0.25, -0.2) is 0 Å². The topological polar surface area (TPSA) is 59.0 Å². The van der Waals surface area contributed by atoms with Crippen LogP contribution in [0.25, 0.3) is 0 Å². The van der Waals surface area contributed by atoms with E-state index < -0.39 is 0 Å². The van der Waals surface area contributed by atoms with Crippen LogP contribution in [-0.4, -0.2) is 48.8 Å². The molecule has 5 heteroatoms. The molecule has 1 N–H and O–H groups in total. The highest BCUT2D eigenvalue weighted by atomic mass is 16.5. The highest BCUT2D eigenvalue weighted by Gasteiger charge is 2.24. The van der Waals surface area contributed by atoms with E-state index >= 15 is 0 Å². The first-order valence-electron chi connectivity index (χ1n) is 10.0. The van der Waals surface area contributed by atoms with E-state index in [9.17, 15) is 9.90 Å². The van der Waals surface area contributed by atoms with E-state index in [2.05, 4.69) is 19.6 Å². The van der Waals surface area contributed by atoms with Gasteiger partial charge in [-0.1, -0.05) is 17.7 Å². The quantitative estimate of drug-likeness (QED) is 0.473. The molecule has 1 aromatic carbocycles. The normalized spacial score (nSPS) is 19.8. The second-order valence-corrected chi connectivity index (χ2v) is 7.48. The molecule has 5 nitrogen and oxygen atoms in total. The van der Waals surface area contributed by atoms with Crippen molar-refractivity contribution in [2.75, 3.05) is 32.8 Å². The summed E-state index contributed by atoms with van der Waals surface area (Å²) in [7, 11) is 0. The third-order valence-corrected chi connectivity index (χ3v) is 4.89. The maximum atomic E-state index is 12.4. The molecular formula is C23H33NO4. The lowest BCUT2D eigenvalue weighted by Crippen LogP contribution is -2.40. The zero-order valence-corrected chi connectivity index (χ0v) is 17.4. The average molecular weight is 388 g/mol. The number of benzene rings is 1. The Balaban J connectivity index is 0.000000878. The Hall–Kier alpha value is -2.11. The fraction of sp³-hybridized carbons (Fsp3) is 0.522. The largest absolute Gasteiger partial charge is 0.507 e. The molecule has 1 unspecified atom stereocenters. The molecule has 154 valence electrons. The highest BCUT2D eigenvalue weighted by molar-refractivity contribution is 5.75. The second-order valence-electron chi connectivity index (χ2n) is 7.48. The van der Waals surface area contributed by atoms with Gasteiger partial charge in [0, 0.05) is 24.6 Å². The van der Waals surface area contributed by atoms with E-state index in [4.69, 9.17) is 9.47 Å². The monoisotopic (exact) mass is 387 g/mol. The Bertz CT molecular complexity index is 705. The summed E-state index contributed by atoms with van der Waals surface area (Å²) in [5, 5.41) is 10.5. The predicted octanol–water partition coefficient (Wildman–Crippen LogP) is 4.34. The minimum Gasteiger partial charge on any atom is -0.507 e. The lowest BCUT2D eigenvalue weighted by Gasteiger charge is -2.26. The predicted molar refractivity (Wildman–Crippen MR) is 112 cm³/mol. The van der Waals surface area contributed by atoms with E-state index in [-0.39, 0.29) is 24.2 Å².